The number of aromatic nitrogens is 3. The van der Waals surface area contributed by atoms with Crippen LogP contribution in [0.25, 0.3) is 21.9 Å². The molecule has 164 valence electrons. The van der Waals surface area contributed by atoms with Crippen LogP contribution in [0.3, 0.4) is 0 Å². The number of hydrogen-bond donors (Lipinski definition) is 1. The molecule has 0 spiro atoms. The first-order chi connectivity index (χ1) is 15.6. The Labute approximate surface area is 190 Å². The third-order valence-electron chi connectivity index (χ3n) is 4.95. The molecular formula is C24H24N4O3S. The number of aryl methyl sites for hydroxylation is 1. The molecule has 2 aromatic heterocycles. The number of thiazole rings is 1. The minimum absolute atomic E-state index is 0.133. The summed E-state index contributed by atoms with van der Waals surface area (Å²) < 4.78 is 13.6. The summed E-state index contributed by atoms with van der Waals surface area (Å²) in [6, 6.07) is 15.4. The standard InChI is InChI=1S/C24H24N4O3S/c1-4-28-22(11-12-25-28)27-23(29)15-17(24-26-18-7-5-6-8-21(18)32-24)13-16-9-10-19(30-2)20(14-16)31-3/h5-14H,4,15H2,1-3H3,(H,27,29). The van der Waals surface area contributed by atoms with Crippen LogP contribution in [-0.4, -0.2) is 34.9 Å². The number of anilines is 1. The Balaban J connectivity index is 1.69. The van der Waals surface area contributed by atoms with Crippen LogP contribution in [0.4, 0.5) is 5.82 Å². The largest absolute Gasteiger partial charge is 0.493 e. The van der Waals surface area contributed by atoms with E-state index in [9.17, 15) is 4.79 Å². The molecule has 7 nitrogen and oxygen atoms in total. The van der Waals surface area contributed by atoms with Crippen molar-refractivity contribution in [3.8, 4) is 11.5 Å². The zero-order valence-electron chi connectivity index (χ0n) is 18.2. The molecule has 8 heteroatoms. The van der Waals surface area contributed by atoms with Crippen molar-refractivity contribution < 1.29 is 14.3 Å². The number of fused-ring (bicyclic) bond motifs is 1. The van der Waals surface area contributed by atoms with Gasteiger partial charge in [0.15, 0.2) is 11.5 Å². The Bertz CT molecular complexity index is 1240. The summed E-state index contributed by atoms with van der Waals surface area (Å²) in [5.41, 5.74) is 2.62. The summed E-state index contributed by atoms with van der Waals surface area (Å²) in [6.07, 6.45) is 3.81. The first kappa shape index (κ1) is 21.6. The van der Waals surface area contributed by atoms with E-state index in [-0.39, 0.29) is 12.3 Å². The Morgan fingerprint density at radius 1 is 1.12 bits per heavy atom. The van der Waals surface area contributed by atoms with Gasteiger partial charge in [-0.3, -0.25) is 4.79 Å². The lowest BCUT2D eigenvalue weighted by Gasteiger charge is -2.10. The van der Waals surface area contributed by atoms with E-state index in [1.165, 1.54) is 0 Å². The average molecular weight is 449 g/mol. The highest BCUT2D eigenvalue weighted by Gasteiger charge is 2.15. The summed E-state index contributed by atoms with van der Waals surface area (Å²) in [4.78, 5) is 17.7. The second kappa shape index (κ2) is 9.65. The molecule has 1 amide bonds. The molecule has 0 saturated heterocycles. The molecule has 0 aliphatic heterocycles. The molecule has 2 aromatic carbocycles. The summed E-state index contributed by atoms with van der Waals surface area (Å²) in [6.45, 7) is 2.65. The van der Waals surface area contributed by atoms with Crippen molar-refractivity contribution in [1.29, 1.82) is 0 Å². The van der Waals surface area contributed by atoms with Crippen LogP contribution in [0.2, 0.25) is 0 Å². The fourth-order valence-corrected chi connectivity index (χ4v) is 4.37. The molecule has 0 aliphatic rings. The van der Waals surface area contributed by atoms with E-state index in [1.54, 1.807) is 42.5 Å². The SMILES string of the molecule is CCn1nccc1NC(=O)CC(=Cc1ccc(OC)c(OC)c1)c1nc2ccccc2s1. The van der Waals surface area contributed by atoms with E-state index in [0.717, 1.165) is 26.4 Å². The lowest BCUT2D eigenvalue weighted by atomic mass is 10.1. The Hall–Kier alpha value is -3.65. The number of para-hydroxylation sites is 1. The van der Waals surface area contributed by atoms with E-state index >= 15 is 0 Å². The number of hydrogen-bond acceptors (Lipinski definition) is 6. The van der Waals surface area contributed by atoms with Crippen LogP contribution in [0.1, 0.15) is 23.9 Å². The molecule has 0 radical (unpaired) electrons. The van der Waals surface area contributed by atoms with E-state index in [0.29, 0.717) is 23.9 Å². The summed E-state index contributed by atoms with van der Waals surface area (Å²) >= 11 is 1.57. The van der Waals surface area contributed by atoms with Gasteiger partial charge < -0.3 is 14.8 Å². The van der Waals surface area contributed by atoms with Gasteiger partial charge in [0.25, 0.3) is 0 Å². The van der Waals surface area contributed by atoms with Gasteiger partial charge in [0, 0.05) is 12.6 Å². The molecule has 0 saturated carbocycles. The molecule has 0 aliphatic carbocycles. The summed E-state index contributed by atoms with van der Waals surface area (Å²) in [5, 5.41) is 7.97. The molecule has 32 heavy (non-hydrogen) atoms. The molecule has 2 heterocycles. The first-order valence-corrected chi connectivity index (χ1v) is 11.0. The van der Waals surface area contributed by atoms with Gasteiger partial charge in [-0.2, -0.15) is 5.10 Å². The number of benzene rings is 2. The highest BCUT2D eigenvalue weighted by atomic mass is 32.1. The lowest BCUT2D eigenvalue weighted by molar-refractivity contribution is -0.115. The van der Waals surface area contributed by atoms with Gasteiger partial charge in [0.2, 0.25) is 5.91 Å². The van der Waals surface area contributed by atoms with Crippen molar-refractivity contribution in [3.63, 3.8) is 0 Å². The third kappa shape index (κ3) is 4.65. The van der Waals surface area contributed by atoms with E-state index < -0.39 is 0 Å². The maximum absolute atomic E-state index is 12.9. The topological polar surface area (TPSA) is 78.3 Å². The molecule has 0 fully saturated rings. The normalized spacial score (nSPS) is 11.5. The second-order valence-corrected chi connectivity index (χ2v) is 8.06. The predicted molar refractivity (Wildman–Crippen MR) is 128 cm³/mol. The summed E-state index contributed by atoms with van der Waals surface area (Å²) in [5.74, 6) is 1.82. The van der Waals surface area contributed by atoms with Gasteiger partial charge in [-0.1, -0.05) is 18.2 Å². The van der Waals surface area contributed by atoms with Crippen LogP contribution in [-0.2, 0) is 11.3 Å². The van der Waals surface area contributed by atoms with E-state index in [1.807, 2.05) is 55.5 Å². The van der Waals surface area contributed by atoms with Crippen LogP contribution in [0.5, 0.6) is 11.5 Å². The highest BCUT2D eigenvalue weighted by Crippen LogP contribution is 2.33. The van der Waals surface area contributed by atoms with Crippen molar-refractivity contribution in [2.75, 3.05) is 19.5 Å². The number of nitrogens with zero attached hydrogens (tertiary/aromatic N) is 3. The zero-order valence-corrected chi connectivity index (χ0v) is 19.0. The first-order valence-electron chi connectivity index (χ1n) is 10.2. The number of methoxy groups -OCH3 is 2. The smallest absolute Gasteiger partial charge is 0.230 e. The maximum atomic E-state index is 12.9. The van der Waals surface area contributed by atoms with Gasteiger partial charge in [-0.05, 0) is 48.4 Å². The maximum Gasteiger partial charge on any atom is 0.230 e. The predicted octanol–water partition coefficient (Wildman–Crippen LogP) is 5.10. The minimum atomic E-state index is -0.133. The summed E-state index contributed by atoms with van der Waals surface area (Å²) in [7, 11) is 3.20. The van der Waals surface area contributed by atoms with Crippen molar-refractivity contribution in [2.24, 2.45) is 0 Å². The van der Waals surface area contributed by atoms with Gasteiger partial charge in [-0.25, -0.2) is 9.67 Å². The second-order valence-electron chi connectivity index (χ2n) is 7.03. The Kier molecular flexibility index (Phi) is 6.51. The molecule has 4 aromatic rings. The number of carbonyl (C=O) groups is 1. The monoisotopic (exact) mass is 448 g/mol. The Morgan fingerprint density at radius 2 is 1.94 bits per heavy atom. The number of amides is 1. The number of nitrogens with one attached hydrogen (secondary N) is 1. The lowest BCUT2D eigenvalue weighted by Crippen LogP contribution is -2.15. The van der Waals surface area contributed by atoms with Crippen LogP contribution in [0, 0.1) is 0 Å². The fraction of sp³-hybridized carbons (Fsp3) is 0.208. The average Bonchev–Trinajstić information content (AvgIpc) is 3.44. The van der Waals surface area contributed by atoms with Gasteiger partial charge in [0.05, 0.1) is 37.1 Å². The van der Waals surface area contributed by atoms with Gasteiger partial charge >= 0.3 is 0 Å². The number of rotatable bonds is 8. The molecule has 0 bridgehead atoms. The number of carbonyl (C=O) groups excluding carboxylic acids is 1. The van der Waals surface area contributed by atoms with Gasteiger partial charge in [0.1, 0.15) is 10.8 Å². The van der Waals surface area contributed by atoms with Crippen LogP contribution in [0.15, 0.2) is 54.7 Å². The van der Waals surface area contributed by atoms with Crippen molar-refractivity contribution in [1.82, 2.24) is 14.8 Å². The van der Waals surface area contributed by atoms with Gasteiger partial charge in [-0.15, -0.1) is 11.3 Å². The molecule has 0 atom stereocenters. The van der Waals surface area contributed by atoms with E-state index in [2.05, 4.69) is 10.4 Å². The molecule has 4 rings (SSSR count). The molecular weight excluding hydrogens is 424 g/mol. The van der Waals surface area contributed by atoms with Crippen molar-refractivity contribution in [3.05, 3.63) is 65.3 Å². The molecule has 1 N–H and O–H groups in total. The van der Waals surface area contributed by atoms with Crippen LogP contribution < -0.4 is 14.8 Å². The zero-order chi connectivity index (χ0) is 22.5. The van der Waals surface area contributed by atoms with Crippen molar-refractivity contribution >= 4 is 44.9 Å². The highest BCUT2D eigenvalue weighted by molar-refractivity contribution is 7.19. The van der Waals surface area contributed by atoms with Crippen LogP contribution >= 0.6 is 11.3 Å². The third-order valence-corrected chi connectivity index (χ3v) is 6.06. The van der Waals surface area contributed by atoms with E-state index in [4.69, 9.17) is 14.5 Å². The quantitative estimate of drug-likeness (QED) is 0.406. The molecule has 0 unspecified atom stereocenters. The minimum Gasteiger partial charge on any atom is -0.493 e. The number of ether oxygens (including phenoxy) is 2. The fourth-order valence-electron chi connectivity index (χ4n) is 3.39. The van der Waals surface area contributed by atoms with Crippen molar-refractivity contribution in [2.45, 2.75) is 19.9 Å². The Morgan fingerprint density at radius 3 is 2.69 bits per heavy atom.